The average molecular weight is 252 g/mol. The van der Waals surface area contributed by atoms with Crippen LogP contribution in [0.3, 0.4) is 0 Å². The van der Waals surface area contributed by atoms with E-state index in [1.54, 1.807) is 0 Å². The zero-order chi connectivity index (χ0) is 12.5. The summed E-state index contributed by atoms with van der Waals surface area (Å²) in [4.78, 5) is 5.06. The largest absolute Gasteiger partial charge is 0.326 e. The third kappa shape index (κ3) is 2.44. The van der Waals surface area contributed by atoms with E-state index in [4.69, 9.17) is 11.5 Å². The molecule has 2 unspecified atom stereocenters. The van der Waals surface area contributed by atoms with E-state index in [1.807, 2.05) is 0 Å². The summed E-state index contributed by atoms with van der Waals surface area (Å²) < 4.78 is 0. The van der Waals surface area contributed by atoms with Crippen LogP contribution in [0.4, 0.5) is 0 Å². The van der Waals surface area contributed by atoms with Gasteiger partial charge in [0.1, 0.15) is 0 Å². The van der Waals surface area contributed by atoms with Crippen LogP contribution in [0, 0.1) is 0 Å². The highest BCUT2D eigenvalue weighted by molar-refractivity contribution is 4.94. The monoisotopic (exact) mass is 252 g/mol. The van der Waals surface area contributed by atoms with Crippen molar-refractivity contribution < 1.29 is 0 Å². The number of hydrogen-bond donors (Lipinski definition) is 2. The minimum atomic E-state index is 0.493. The Kier molecular flexibility index (Phi) is 3.89. The summed E-state index contributed by atoms with van der Waals surface area (Å²) in [7, 11) is 0. The first kappa shape index (κ1) is 12.9. The fraction of sp³-hybridized carbons (Fsp3) is 1.00. The average Bonchev–Trinajstić information content (AvgIpc) is 3.06. The van der Waals surface area contributed by atoms with Gasteiger partial charge < -0.3 is 11.5 Å². The third-order valence-electron chi connectivity index (χ3n) is 5.32. The molecule has 4 fully saturated rings. The molecule has 4 saturated heterocycles. The molecule has 0 amide bonds. The van der Waals surface area contributed by atoms with E-state index >= 15 is 0 Å². The Hall–Kier alpha value is -0.160. The van der Waals surface area contributed by atoms with Crippen LogP contribution in [0.25, 0.3) is 0 Å². The van der Waals surface area contributed by atoms with E-state index in [-0.39, 0.29) is 0 Å². The first-order valence-corrected chi connectivity index (χ1v) is 7.75. The maximum Gasteiger partial charge on any atom is 0.0248 e. The van der Waals surface area contributed by atoms with Crippen molar-refractivity contribution in [2.45, 2.75) is 62.7 Å². The van der Waals surface area contributed by atoms with Crippen molar-refractivity contribution in [1.29, 1.82) is 0 Å². The highest BCUT2D eigenvalue weighted by Crippen LogP contribution is 2.26. The van der Waals surface area contributed by atoms with E-state index in [9.17, 15) is 0 Å². The Balaban J connectivity index is 0.000000111. The second-order valence-electron chi connectivity index (χ2n) is 6.40. The lowest BCUT2D eigenvalue weighted by Crippen LogP contribution is -2.34. The quantitative estimate of drug-likeness (QED) is 0.654. The molecule has 0 radical (unpaired) electrons. The minimum absolute atomic E-state index is 0.493. The summed E-state index contributed by atoms with van der Waals surface area (Å²) in [6.45, 7) is 5.12. The minimum Gasteiger partial charge on any atom is -0.326 e. The maximum absolute atomic E-state index is 5.88. The molecule has 18 heavy (non-hydrogen) atoms. The molecule has 4 N–H and O–H groups in total. The summed E-state index contributed by atoms with van der Waals surface area (Å²) >= 11 is 0. The van der Waals surface area contributed by atoms with Gasteiger partial charge in [0.05, 0.1) is 0 Å². The predicted molar refractivity (Wildman–Crippen MR) is 74.4 cm³/mol. The lowest BCUT2D eigenvalue weighted by atomic mass is 10.1. The standard InChI is InChI=1S/2C7H14N2/c2*8-6-3-5-9-4-1-2-7(6)9/h2*6-7H,1-5,8H2/t6-,7+;/m0./s1. The van der Waals surface area contributed by atoms with Gasteiger partial charge in [0, 0.05) is 37.3 Å². The molecule has 0 saturated carbocycles. The number of fused-ring (bicyclic) bond motifs is 2. The van der Waals surface area contributed by atoms with Gasteiger partial charge in [0.2, 0.25) is 0 Å². The normalized spacial score (nSPS) is 43.7. The van der Waals surface area contributed by atoms with E-state index in [0.717, 1.165) is 12.1 Å². The number of nitrogens with two attached hydrogens (primary N) is 2. The van der Waals surface area contributed by atoms with E-state index in [2.05, 4.69) is 9.80 Å². The van der Waals surface area contributed by atoms with Crippen LogP contribution in [-0.4, -0.2) is 60.1 Å². The molecule has 0 aromatic carbocycles. The Morgan fingerprint density at radius 3 is 1.44 bits per heavy atom. The van der Waals surface area contributed by atoms with Crippen molar-refractivity contribution in [2.75, 3.05) is 26.2 Å². The molecule has 104 valence electrons. The molecule has 4 aliphatic heterocycles. The van der Waals surface area contributed by atoms with Gasteiger partial charge >= 0.3 is 0 Å². The summed E-state index contributed by atoms with van der Waals surface area (Å²) in [5.41, 5.74) is 11.8. The molecule has 4 aliphatic rings. The van der Waals surface area contributed by atoms with Gasteiger partial charge in [0.15, 0.2) is 0 Å². The fourth-order valence-corrected chi connectivity index (χ4v) is 4.24. The van der Waals surface area contributed by atoms with Gasteiger partial charge in [-0.15, -0.1) is 0 Å². The third-order valence-corrected chi connectivity index (χ3v) is 5.32. The molecule has 0 aliphatic carbocycles. The van der Waals surface area contributed by atoms with Gasteiger partial charge in [0.25, 0.3) is 0 Å². The number of nitrogens with zero attached hydrogens (tertiary/aromatic N) is 2. The van der Waals surface area contributed by atoms with Gasteiger partial charge in [-0.25, -0.2) is 0 Å². The predicted octanol–water partition coefficient (Wildman–Crippen LogP) is 0.364. The van der Waals surface area contributed by atoms with Crippen molar-refractivity contribution in [3.63, 3.8) is 0 Å². The highest BCUT2D eigenvalue weighted by atomic mass is 15.2. The van der Waals surface area contributed by atoms with Crippen LogP contribution < -0.4 is 11.5 Å². The van der Waals surface area contributed by atoms with Gasteiger partial charge in [-0.2, -0.15) is 0 Å². The van der Waals surface area contributed by atoms with Gasteiger partial charge in [-0.3, -0.25) is 9.80 Å². The Morgan fingerprint density at radius 2 is 1.06 bits per heavy atom. The van der Waals surface area contributed by atoms with E-state index < -0.39 is 0 Å². The molecule has 4 heterocycles. The summed E-state index contributed by atoms with van der Waals surface area (Å²) in [6, 6.07) is 2.50. The second-order valence-corrected chi connectivity index (χ2v) is 6.40. The lowest BCUT2D eigenvalue weighted by Gasteiger charge is -2.15. The van der Waals surface area contributed by atoms with Gasteiger partial charge in [-0.05, 0) is 51.6 Å². The molecule has 4 atom stereocenters. The molecular weight excluding hydrogens is 224 g/mol. The van der Waals surface area contributed by atoms with Crippen molar-refractivity contribution >= 4 is 0 Å². The molecule has 0 aromatic heterocycles. The molecule has 0 bridgehead atoms. The Morgan fingerprint density at radius 1 is 0.611 bits per heavy atom. The smallest absolute Gasteiger partial charge is 0.0248 e. The van der Waals surface area contributed by atoms with Crippen LogP contribution in [0.5, 0.6) is 0 Å². The molecule has 0 spiro atoms. The van der Waals surface area contributed by atoms with Crippen molar-refractivity contribution in [3.05, 3.63) is 0 Å². The summed E-state index contributed by atoms with van der Waals surface area (Å²) in [6.07, 6.45) is 7.90. The second kappa shape index (κ2) is 5.45. The zero-order valence-electron chi connectivity index (χ0n) is 11.4. The first-order valence-electron chi connectivity index (χ1n) is 7.75. The van der Waals surface area contributed by atoms with Crippen LogP contribution in [-0.2, 0) is 0 Å². The van der Waals surface area contributed by atoms with Crippen LogP contribution in [0.15, 0.2) is 0 Å². The van der Waals surface area contributed by atoms with Crippen LogP contribution in [0.2, 0.25) is 0 Å². The summed E-state index contributed by atoms with van der Waals surface area (Å²) in [5, 5.41) is 0. The van der Waals surface area contributed by atoms with Crippen molar-refractivity contribution in [2.24, 2.45) is 11.5 Å². The number of hydrogen-bond acceptors (Lipinski definition) is 4. The van der Waals surface area contributed by atoms with Crippen LogP contribution in [0.1, 0.15) is 38.5 Å². The van der Waals surface area contributed by atoms with Crippen molar-refractivity contribution in [1.82, 2.24) is 9.80 Å². The Bertz CT molecular complexity index is 255. The molecule has 0 aromatic rings. The fourth-order valence-electron chi connectivity index (χ4n) is 4.24. The zero-order valence-corrected chi connectivity index (χ0v) is 11.4. The molecule has 4 rings (SSSR count). The van der Waals surface area contributed by atoms with E-state index in [1.165, 1.54) is 64.7 Å². The SMILES string of the molecule is NC1CCN2CCCC12.N[C@H]1CCN2CCC[C@H]12. The Labute approximate surface area is 111 Å². The van der Waals surface area contributed by atoms with E-state index in [0.29, 0.717) is 12.1 Å². The maximum atomic E-state index is 5.88. The molecule has 4 heteroatoms. The number of rotatable bonds is 0. The summed E-state index contributed by atoms with van der Waals surface area (Å²) in [5.74, 6) is 0. The lowest BCUT2D eigenvalue weighted by molar-refractivity contribution is 0.314. The molecule has 4 nitrogen and oxygen atoms in total. The van der Waals surface area contributed by atoms with Gasteiger partial charge in [-0.1, -0.05) is 0 Å². The van der Waals surface area contributed by atoms with Crippen molar-refractivity contribution in [3.8, 4) is 0 Å². The highest BCUT2D eigenvalue weighted by Gasteiger charge is 2.35. The topological polar surface area (TPSA) is 58.5 Å². The first-order chi connectivity index (χ1) is 8.75. The van der Waals surface area contributed by atoms with Crippen LogP contribution >= 0.6 is 0 Å². The molecular formula is C14H28N4.